The molecule has 2 N–H and O–H groups in total. The molecule has 0 aliphatic rings. The van der Waals surface area contributed by atoms with Gasteiger partial charge in [0.1, 0.15) is 23.3 Å². The van der Waals surface area contributed by atoms with E-state index >= 15 is 0 Å². The Morgan fingerprint density at radius 2 is 2.06 bits per heavy atom. The third-order valence-electron chi connectivity index (χ3n) is 5.76. The van der Waals surface area contributed by atoms with E-state index in [-0.39, 0.29) is 24.3 Å². The first kappa shape index (κ1) is 21.5. The van der Waals surface area contributed by atoms with Crippen molar-refractivity contribution in [2.45, 2.75) is 32.7 Å². The molecule has 3 aromatic heterocycles. The van der Waals surface area contributed by atoms with Crippen LogP contribution in [0.3, 0.4) is 0 Å². The minimum absolute atomic E-state index is 0.102. The number of carbonyl (C=O) groups excluding carboxylic acids is 1. The Bertz CT molecular complexity index is 1370. The highest BCUT2D eigenvalue weighted by Gasteiger charge is 2.22. The molecule has 1 aromatic carbocycles. The first-order valence-corrected chi connectivity index (χ1v) is 10.3. The van der Waals surface area contributed by atoms with Crippen molar-refractivity contribution in [1.82, 2.24) is 29.6 Å². The van der Waals surface area contributed by atoms with Crippen molar-refractivity contribution in [3.63, 3.8) is 0 Å². The molecule has 32 heavy (non-hydrogen) atoms. The Kier molecular flexibility index (Phi) is 5.65. The number of rotatable bonds is 6. The van der Waals surface area contributed by atoms with Gasteiger partial charge >= 0.3 is 0 Å². The molecular weight excluding hydrogens is 411 g/mol. The Balaban J connectivity index is 1.58. The monoisotopic (exact) mass is 436 g/mol. The quantitative estimate of drug-likeness (QED) is 0.485. The van der Waals surface area contributed by atoms with Gasteiger partial charge in [-0.2, -0.15) is 5.10 Å². The lowest BCUT2D eigenvalue weighted by atomic mass is 10.0. The van der Waals surface area contributed by atoms with Crippen LogP contribution < -0.4 is 10.9 Å². The van der Waals surface area contributed by atoms with E-state index in [0.717, 1.165) is 16.6 Å². The lowest BCUT2D eigenvalue weighted by molar-refractivity contribution is -0.121. The van der Waals surface area contributed by atoms with E-state index in [4.69, 9.17) is 0 Å². The molecule has 0 aliphatic heterocycles. The van der Waals surface area contributed by atoms with Crippen LogP contribution in [0.2, 0.25) is 0 Å². The van der Waals surface area contributed by atoms with E-state index in [1.54, 1.807) is 40.8 Å². The van der Waals surface area contributed by atoms with Crippen LogP contribution in [0.5, 0.6) is 0 Å². The summed E-state index contributed by atoms with van der Waals surface area (Å²) in [5.41, 5.74) is 3.24. The third kappa shape index (κ3) is 3.93. The van der Waals surface area contributed by atoms with E-state index < -0.39 is 11.9 Å². The number of nitrogens with one attached hydrogen (secondary N) is 2. The summed E-state index contributed by atoms with van der Waals surface area (Å²) in [7, 11) is 3.59. The van der Waals surface area contributed by atoms with E-state index in [2.05, 4.69) is 20.4 Å². The number of pyridine rings is 1. The number of imidazole rings is 1. The predicted molar refractivity (Wildman–Crippen MR) is 119 cm³/mol. The number of halogens is 1. The van der Waals surface area contributed by atoms with Crippen LogP contribution in [0.1, 0.15) is 40.7 Å². The first-order chi connectivity index (χ1) is 15.3. The third-order valence-corrected chi connectivity index (χ3v) is 5.76. The number of aromatic amines is 1. The first-order valence-electron chi connectivity index (χ1n) is 10.3. The molecule has 9 heteroatoms. The number of carbonyl (C=O) groups is 1. The molecule has 1 unspecified atom stereocenters. The number of amides is 1. The molecule has 0 fully saturated rings. The number of hydrogen-bond acceptors (Lipinski definition) is 4. The van der Waals surface area contributed by atoms with Crippen LogP contribution >= 0.6 is 0 Å². The van der Waals surface area contributed by atoms with Gasteiger partial charge in [0.15, 0.2) is 0 Å². The summed E-state index contributed by atoms with van der Waals surface area (Å²) in [4.78, 5) is 32.7. The van der Waals surface area contributed by atoms with Gasteiger partial charge < -0.3 is 14.9 Å². The number of benzene rings is 1. The summed E-state index contributed by atoms with van der Waals surface area (Å²) < 4.78 is 17.3. The maximum absolute atomic E-state index is 13.8. The van der Waals surface area contributed by atoms with Gasteiger partial charge in [-0.15, -0.1) is 0 Å². The Morgan fingerprint density at radius 3 is 2.75 bits per heavy atom. The van der Waals surface area contributed by atoms with Crippen LogP contribution in [-0.4, -0.2) is 30.2 Å². The molecule has 0 bridgehead atoms. The van der Waals surface area contributed by atoms with Crippen molar-refractivity contribution in [3.8, 4) is 0 Å². The summed E-state index contributed by atoms with van der Waals surface area (Å²) in [5.74, 6) is -0.0623. The molecule has 1 atom stereocenters. The van der Waals surface area contributed by atoms with E-state index in [1.165, 1.54) is 12.1 Å². The van der Waals surface area contributed by atoms with E-state index in [1.807, 2.05) is 20.9 Å². The Labute approximate surface area is 184 Å². The fourth-order valence-electron chi connectivity index (χ4n) is 4.17. The van der Waals surface area contributed by atoms with Crippen LogP contribution in [0.25, 0.3) is 11.0 Å². The molecule has 8 nitrogen and oxygen atoms in total. The highest BCUT2D eigenvalue weighted by atomic mass is 19.1. The van der Waals surface area contributed by atoms with Crippen LogP contribution in [0.4, 0.5) is 4.39 Å². The molecule has 166 valence electrons. The second-order valence-corrected chi connectivity index (χ2v) is 7.94. The van der Waals surface area contributed by atoms with Crippen molar-refractivity contribution in [1.29, 1.82) is 0 Å². The summed E-state index contributed by atoms with van der Waals surface area (Å²) >= 11 is 0. The second kappa shape index (κ2) is 8.41. The average Bonchev–Trinajstić information content (AvgIpc) is 3.28. The standard InChI is InChI=1S/C23H25FN6O2/c1-13-17(23(32)27-21-19(13)14(2)28-30(21)4)8-9-18(31)26-20(22-25-10-11-29(22)3)15-6-5-7-16(24)12-15/h5-7,10-12,20H,8-9H2,1-4H3,(H,26,31)(H,27,32). The highest BCUT2D eigenvalue weighted by molar-refractivity contribution is 5.83. The number of H-pyrrole nitrogens is 1. The van der Waals surface area contributed by atoms with Crippen molar-refractivity contribution in [2.75, 3.05) is 0 Å². The largest absolute Gasteiger partial charge is 0.342 e. The number of aromatic nitrogens is 5. The van der Waals surface area contributed by atoms with Crippen molar-refractivity contribution >= 4 is 16.9 Å². The summed E-state index contributed by atoms with van der Waals surface area (Å²) in [5, 5.41) is 8.22. The molecule has 0 spiro atoms. The van der Waals surface area contributed by atoms with Crippen LogP contribution in [0.15, 0.2) is 41.5 Å². The lowest BCUT2D eigenvalue weighted by Crippen LogP contribution is -2.31. The van der Waals surface area contributed by atoms with Gasteiger partial charge in [-0.1, -0.05) is 12.1 Å². The summed E-state index contributed by atoms with van der Waals surface area (Å²) in [6.45, 7) is 3.77. The molecule has 0 saturated heterocycles. The maximum Gasteiger partial charge on any atom is 0.253 e. The molecule has 0 aliphatic carbocycles. The fourth-order valence-corrected chi connectivity index (χ4v) is 4.17. The minimum Gasteiger partial charge on any atom is -0.342 e. The summed E-state index contributed by atoms with van der Waals surface area (Å²) in [6.07, 6.45) is 3.77. The maximum atomic E-state index is 13.8. The molecule has 0 saturated carbocycles. The van der Waals surface area contributed by atoms with Crippen molar-refractivity contribution in [2.24, 2.45) is 14.1 Å². The zero-order chi connectivity index (χ0) is 23.0. The van der Waals surface area contributed by atoms with Gasteiger partial charge in [0.25, 0.3) is 5.56 Å². The molecule has 1 amide bonds. The van der Waals surface area contributed by atoms with Gasteiger partial charge in [-0.3, -0.25) is 14.3 Å². The van der Waals surface area contributed by atoms with Gasteiger partial charge in [0.05, 0.1) is 5.69 Å². The number of nitrogens with zero attached hydrogens (tertiary/aromatic N) is 4. The zero-order valence-electron chi connectivity index (χ0n) is 18.4. The van der Waals surface area contributed by atoms with Crippen molar-refractivity contribution in [3.05, 3.63) is 81.0 Å². The Hall–Kier alpha value is -3.75. The zero-order valence-corrected chi connectivity index (χ0v) is 18.4. The van der Waals surface area contributed by atoms with Gasteiger partial charge in [0, 0.05) is 43.9 Å². The normalized spacial score (nSPS) is 12.3. The van der Waals surface area contributed by atoms with Gasteiger partial charge in [0.2, 0.25) is 5.91 Å². The molecule has 4 aromatic rings. The van der Waals surface area contributed by atoms with Crippen LogP contribution in [-0.2, 0) is 25.3 Å². The smallest absolute Gasteiger partial charge is 0.253 e. The van der Waals surface area contributed by atoms with E-state index in [0.29, 0.717) is 22.6 Å². The SMILES string of the molecule is Cc1nn(C)c2[nH]c(=O)c(CCC(=O)NC(c3cccc(F)c3)c3nccn3C)c(C)c12. The minimum atomic E-state index is -0.611. The average molecular weight is 436 g/mol. The number of aryl methyl sites for hydroxylation is 4. The predicted octanol–water partition coefficient (Wildman–Crippen LogP) is 2.59. The second-order valence-electron chi connectivity index (χ2n) is 7.94. The molecule has 0 radical (unpaired) electrons. The number of fused-ring (bicyclic) bond motifs is 1. The molecule has 4 rings (SSSR count). The molecule has 3 heterocycles. The summed E-state index contributed by atoms with van der Waals surface area (Å²) in [6, 6.07) is 5.47. The number of hydrogen-bond donors (Lipinski definition) is 2. The van der Waals surface area contributed by atoms with Crippen LogP contribution in [0, 0.1) is 19.7 Å². The Morgan fingerprint density at radius 1 is 1.28 bits per heavy atom. The van der Waals surface area contributed by atoms with Crippen molar-refractivity contribution < 1.29 is 9.18 Å². The fraction of sp³-hybridized carbons (Fsp3) is 0.304. The molecular formula is C23H25FN6O2. The van der Waals surface area contributed by atoms with Gasteiger partial charge in [-0.05, 0) is 43.5 Å². The van der Waals surface area contributed by atoms with E-state index in [9.17, 15) is 14.0 Å². The topological polar surface area (TPSA) is 97.6 Å². The highest BCUT2D eigenvalue weighted by Crippen LogP contribution is 2.23. The van der Waals surface area contributed by atoms with Gasteiger partial charge in [-0.25, -0.2) is 9.37 Å². The lowest BCUT2D eigenvalue weighted by Gasteiger charge is -2.19.